The van der Waals surface area contributed by atoms with Crippen molar-refractivity contribution in [3.63, 3.8) is 0 Å². The summed E-state index contributed by atoms with van der Waals surface area (Å²) in [6.07, 6.45) is 1.72. The molecule has 102 valence electrons. The molecule has 1 fully saturated rings. The van der Waals surface area contributed by atoms with Crippen LogP contribution < -0.4 is 10.2 Å². The fourth-order valence-electron chi connectivity index (χ4n) is 3.14. The van der Waals surface area contributed by atoms with E-state index < -0.39 is 0 Å². The number of hydrogen-bond acceptors (Lipinski definition) is 3. The van der Waals surface area contributed by atoms with Crippen LogP contribution in [0.5, 0.6) is 0 Å². The third-order valence-corrected chi connectivity index (χ3v) is 3.82. The van der Waals surface area contributed by atoms with E-state index in [0.717, 1.165) is 26.1 Å². The summed E-state index contributed by atoms with van der Waals surface area (Å²) in [5.41, 5.74) is 5.28. The topological polar surface area (TPSA) is 39.1 Å². The zero-order valence-corrected chi connectivity index (χ0v) is 12.2. The van der Waals surface area contributed by atoms with E-state index in [2.05, 4.69) is 49.2 Å². The number of anilines is 1. The van der Waals surface area contributed by atoms with Gasteiger partial charge in [0.1, 0.15) is 0 Å². The fraction of sp³-hybridized carbons (Fsp3) is 0.562. The maximum absolute atomic E-state index is 9.05. The Morgan fingerprint density at radius 1 is 1.32 bits per heavy atom. The Labute approximate surface area is 116 Å². The average molecular weight is 257 g/mol. The first-order chi connectivity index (χ1) is 9.13. The molecule has 1 saturated heterocycles. The number of nitrogens with zero attached hydrogens (tertiary/aromatic N) is 2. The predicted molar refractivity (Wildman–Crippen MR) is 79.5 cm³/mol. The number of benzene rings is 1. The Balaban J connectivity index is 2.39. The van der Waals surface area contributed by atoms with E-state index in [-0.39, 0.29) is 6.04 Å². The molecule has 3 heteroatoms. The van der Waals surface area contributed by atoms with Crippen molar-refractivity contribution < 1.29 is 0 Å². The average Bonchev–Trinajstić information content (AvgIpc) is 2.55. The van der Waals surface area contributed by atoms with Gasteiger partial charge in [0, 0.05) is 18.8 Å². The molecule has 0 radical (unpaired) electrons. The van der Waals surface area contributed by atoms with Gasteiger partial charge in [-0.2, -0.15) is 5.26 Å². The summed E-state index contributed by atoms with van der Waals surface area (Å²) in [6.45, 7) is 9.47. The van der Waals surface area contributed by atoms with Crippen LogP contribution in [-0.4, -0.2) is 25.7 Å². The third-order valence-electron chi connectivity index (χ3n) is 3.82. The highest BCUT2D eigenvalue weighted by atomic mass is 15.2. The maximum Gasteiger partial charge on any atom is 0.0643 e. The molecule has 0 amide bonds. The maximum atomic E-state index is 9.05. The molecule has 1 atom stereocenters. The second-order valence-electron chi connectivity index (χ2n) is 5.51. The van der Waals surface area contributed by atoms with Gasteiger partial charge in [0.05, 0.1) is 18.5 Å². The molecule has 19 heavy (non-hydrogen) atoms. The van der Waals surface area contributed by atoms with Crippen molar-refractivity contribution in [2.24, 2.45) is 0 Å². The molecule has 3 nitrogen and oxygen atoms in total. The summed E-state index contributed by atoms with van der Waals surface area (Å²) in [6, 6.07) is 7.10. The van der Waals surface area contributed by atoms with E-state index in [9.17, 15) is 0 Å². The summed E-state index contributed by atoms with van der Waals surface area (Å²) < 4.78 is 0. The Hall–Kier alpha value is -1.53. The Morgan fingerprint density at radius 2 is 2.00 bits per heavy atom. The van der Waals surface area contributed by atoms with Gasteiger partial charge in [-0.1, -0.05) is 17.7 Å². The molecule has 1 aromatic rings. The number of nitriles is 1. The van der Waals surface area contributed by atoms with Gasteiger partial charge in [0.15, 0.2) is 0 Å². The van der Waals surface area contributed by atoms with Crippen LogP contribution in [0.2, 0.25) is 0 Å². The minimum atomic E-state index is 0.285. The second-order valence-corrected chi connectivity index (χ2v) is 5.51. The van der Waals surface area contributed by atoms with Crippen LogP contribution in [-0.2, 0) is 0 Å². The van der Waals surface area contributed by atoms with Gasteiger partial charge in [-0.25, -0.2) is 0 Å². The first kappa shape index (κ1) is 13.9. The van der Waals surface area contributed by atoms with Crippen LogP contribution in [0.15, 0.2) is 12.1 Å². The van der Waals surface area contributed by atoms with Crippen LogP contribution in [0, 0.1) is 32.1 Å². The lowest BCUT2D eigenvalue weighted by atomic mass is 10.0. The molecular weight excluding hydrogens is 234 g/mol. The summed E-state index contributed by atoms with van der Waals surface area (Å²) >= 11 is 0. The van der Waals surface area contributed by atoms with Crippen molar-refractivity contribution in [2.75, 3.05) is 24.5 Å². The summed E-state index contributed by atoms with van der Waals surface area (Å²) in [5.74, 6) is 0. The molecule has 1 aliphatic rings. The van der Waals surface area contributed by atoms with Gasteiger partial charge in [0.25, 0.3) is 0 Å². The lowest BCUT2D eigenvalue weighted by Crippen LogP contribution is -2.40. The van der Waals surface area contributed by atoms with E-state index in [4.69, 9.17) is 5.26 Å². The molecule has 1 N–H and O–H groups in total. The summed E-state index contributed by atoms with van der Waals surface area (Å²) in [7, 11) is 0. The highest BCUT2D eigenvalue weighted by Gasteiger charge is 2.23. The van der Waals surface area contributed by atoms with Crippen LogP contribution in [0.1, 0.15) is 29.5 Å². The van der Waals surface area contributed by atoms with Gasteiger partial charge >= 0.3 is 0 Å². The van der Waals surface area contributed by atoms with Crippen molar-refractivity contribution in [2.45, 2.75) is 39.7 Å². The molecule has 1 aliphatic heterocycles. The normalized spacial score (nSPS) is 19.9. The second kappa shape index (κ2) is 6.08. The van der Waals surface area contributed by atoms with Crippen molar-refractivity contribution in [3.8, 4) is 6.07 Å². The SMILES string of the molecule is Cc1cc(C)c(N2CCCNCC2CC#N)c(C)c1. The van der Waals surface area contributed by atoms with Crippen LogP contribution >= 0.6 is 0 Å². The van der Waals surface area contributed by atoms with Gasteiger partial charge < -0.3 is 10.2 Å². The Kier molecular flexibility index (Phi) is 4.44. The summed E-state index contributed by atoms with van der Waals surface area (Å²) in [4.78, 5) is 2.44. The molecular formula is C16H23N3. The van der Waals surface area contributed by atoms with Crippen molar-refractivity contribution >= 4 is 5.69 Å². The van der Waals surface area contributed by atoms with Crippen molar-refractivity contribution in [1.29, 1.82) is 5.26 Å². The van der Waals surface area contributed by atoms with Crippen molar-refractivity contribution in [1.82, 2.24) is 5.32 Å². The molecule has 0 aliphatic carbocycles. The quantitative estimate of drug-likeness (QED) is 0.885. The minimum absolute atomic E-state index is 0.285. The van der Waals surface area contributed by atoms with Crippen LogP contribution in [0.4, 0.5) is 5.69 Å². The van der Waals surface area contributed by atoms with E-state index in [0.29, 0.717) is 6.42 Å². The molecule has 1 aromatic carbocycles. The number of rotatable bonds is 2. The van der Waals surface area contributed by atoms with Gasteiger partial charge in [-0.3, -0.25) is 0 Å². The molecule has 0 bridgehead atoms. The molecule has 0 spiro atoms. The van der Waals surface area contributed by atoms with Gasteiger partial charge in [-0.05, 0) is 44.9 Å². The van der Waals surface area contributed by atoms with Crippen LogP contribution in [0.3, 0.4) is 0 Å². The smallest absolute Gasteiger partial charge is 0.0643 e. The molecule has 1 heterocycles. The summed E-state index contributed by atoms with van der Waals surface area (Å²) in [5, 5.41) is 12.5. The van der Waals surface area contributed by atoms with Crippen LogP contribution in [0.25, 0.3) is 0 Å². The molecule has 0 saturated carbocycles. The zero-order chi connectivity index (χ0) is 13.8. The monoisotopic (exact) mass is 257 g/mol. The molecule has 1 unspecified atom stereocenters. The molecule has 2 rings (SSSR count). The van der Waals surface area contributed by atoms with E-state index in [1.165, 1.54) is 22.4 Å². The Bertz CT molecular complexity index is 464. The van der Waals surface area contributed by atoms with Gasteiger partial charge in [-0.15, -0.1) is 0 Å². The number of hydrogen-bond donors (Lipinski definition) is 1. The first-order valence-electron chi connectivity index (χ1n) is 7.05. The van der Waals surface area contributed by atoms with E-state index in [1.807, 2.05) is 0 Å². The fourth-order valence-corrected chi connectivity index (χ4v) is 3.14. The van der Waals surface area contributed by atoms with E-state index >= 15 is 0 Å². The first-order valence-corrected chi connectivity index (χ1v) is 7.05. The lowest BCUT2D eigenvalue weighted by Gasteiger charge is -2.33. The molecule has 0 aromatic heterocycles. The standard InChI is InChI=1S/C16H23N3/c1-12-9-13(2)16(14(3)10-12)19-8-4-7-18-11-15(19)5-6-17/h9-10,15,18H,4-5,7-8,11H2,1-3H3. The lowest BCUT2D eigenvalue weighted by molar-refractivity contribution is 0.595. The predicted octanol–water partition coefficient (Wildman–Crippen LogP) is 2.69. The van der Waals surface area contributed by atoms with Crippen molar-refractivity contribution in [3.05, 3.63) is 28.8 Å². The zero-order valence-electron chi connectivity index (χ0n) is 12.2. The minimum Gasteiger partial charge on any atom is -0.366 e. The number of nitrogens with one attached hydrogen (secondary N) is 1. The largest absolute Gasteiger partial charge is 0.366 e. The van der Waals surface area contributed by atoms with Gasteiger partial charge in [0.2, 0.25) is 0 Å². The highest BCUT2D eigenvalue weighted by Crippen LogP contribution is 2.29. The van der Waals surface area contributed by atoms with E-state index in [1.54, 1.807) is 0 Å². The Morgan fingerprint density at radius 3 is 2.63 bits per heavy atom. The third kappa shape index (κ3) is 3.08. The number of aryl methyl sites for hydroxylation is 3. The highest BCUT2D eigenvalue weighted by molar-refractivity contribution is 5.61.